The van der Waals surface area contributed by atoms with Crippen LogP contribution in [0, 0.1) is 6.92 Å². The molecule has 6 nitrogen and oxygen atoms in total. The van der Waals surface area contributed by atoms with E-state index in [9.17, 15) is 4.79 Å². The van der Waals surface area contributed by atoms with Gasteiger partial charge in [-0.15, -0.1) is 0 Å². The Balaban J connectivity index is 1.94. The van der Waals surface area contributed by atoms with Gasteiger partial charge in [0.1, 0.15) is 5.69 Å². The Kier molecular flexibility index (Phi) is 5.21. The highest BCUT2D eigenvalue weighted by Crippen LogP contribution is 2.25. The highest BCUT2D eigenvalue weighted by Gasteiger charge is 2.22. The molecule has 1 amide bonds. The van der Waals surface area contributed by atoms with Gasteiger partial charge in [-0.2, -0.15) is 0 Å². The largest absolute Gasteiger partial charge is 0.387 e. The maximum Gasteiger partial charge on any atom is 0.269 e. The number of nitrogens with one attached hydrogen (secondary N) is 3. The number of nitrogens with zero attached hydrogens (tertiary/aromatic N) is 2. The fraction of sp³-hybridized carbons (Fsp3) is 0.350. The van der Waals surface area contributed by atoms with Crippen LogP contribution in [-0.2, 0) is 6.42 Å². The molecule has 1 saturated carbocycles. The second-order valence-electron chi connectivity index (χ2n) is 6.61. The van der Waals surface area contributed by atoms with Gasteiger partial charge in [-0.3, -0.25) is 9.78 Å². The fourth-order valence-corrected chi connectivity index (χ4v) is 2.85. The summed E-state index contributed by atoms with van der Waals surface area (Å²) in [6, 6.07) is 4.28. The summed E-state index contributed by atoms with van der Waals surface area (Å²) in [6.07, 6.45) is 6.59. The lowest BCUT2D eigenvalue weighted by Gasteiger charge is -2.14. The van der Waals surface area contributed by atoms with Crippen molar-refractivity contribution in [2.24, 2.45) is 0 Å². The molecular formula is C20H25N5O. The minimum Gasteiger partial charge on any atom is -0.387 e. The Bertz CT molecular complexity index is 842. The van der Waals surface area contributed by atoms with Gasteiger partial charge < -0.3 is 16.0 Å². The van der Waals surface area contributed by atoms with E-state index in [4.69, 9.17) is 0 Å². The number of hydrogen-bond acceptors (Lipinski definition) is 5. The number of rotatable bonds is 7. The predicted octanol–water partition coefficient (Wildman–Crippen LogP) is 2.50. The molecular weight excluding hydrogens is 326 g/mol. The van der Waals surface area contributed by atoms with Gasteiger partial charge in [0.25, 0.3) is 5.91 Å². The average molecular weight is 351 g/mol. The summed E-state index contributed by atoms with van der Waals surface area (Å²) in [6.45, 7) is 6.19. The molecule has 0 atom stereocenters. The van der Waals surface area contributed by atoms with Crippen molar-refractivity contribution in [2.75, 3.05) is 19.4 Å². The van der Waals surface area contributed by atoms with Crippen LogP contribution in [-0.4, -0.2) is 36.0 Å². The first-order chi connectivity index (χ1) is 12.5. The molecule has 0 radical (unpaired) electrons. The topological polar surface area (TPSA) is 78.9 Å². The molecule has 136 valence electrons. The molecule has 2 aromatic rings. The van der Waals surface area contributed by atoms with Crippen LogP contribution in [0.1, 0.15) is 45.7 Å². The number of carbonyl (C=O) groups excluding carboxylic acids is 1. The summed E-state index contributed by atoms with van der Waals surface area (Å²) < 4.78 is 0. The summed E-state index contributed by atoms with van der Waals surface area (Å²) in [7, 11) is 3.49. The monoisotopic (exact) mass is 351 g/mol. The maximum absolute atomic E-state index is 12.1. The van der Waals surface area contributed by atoms with Crippen molar-refractivity contribution in [3.63, 3.8) is 0 Å². The van der Waals surface area contributed by atoms with Gasteiger partial charge >= 0.3 is 0 Å². The van der Waals surface area contributed by atoms with Crippen molar-refractivity contribution in [3.05, 3.63) is 59.2 Å². The lowest BCUT2D eigenvalue weighted by atomic mass is 10.0. The van der Waals surface area contributed by atoms with Crippen LogP contribution >= 0.6 is 0 Å². The number of hydrogen-bond donors (Lipinski definition) is 3. The number of anilines is 1. The first kappa shape index (κ1) is 17.9. The van der Waals surface area contributed by atoms with Crippen LogP contribution in [0.25, 0.3) is 5.70 Å². The highest BCUT2D eigenvalue weighted by molar-refractivity contribution is 5.93. The highest BCUT2D eigenvalue weighted by atomic mass is 16.1. The van der Waals surface area contributed by atoms with Gasteiger partial charge in [-0.1, -0.05) is 6.58 Å². The van der Waals surface area contributed by atoms with Crippen molar-refractivity contribution in [2.45, 2.75) is 32.2 Å². The number of aromatic nitrogens is 2. The quantitative estimate of drug-likeness (QED) is 0.714. The third kappa shape index (κ3) is 4.02. The van der Waals surface area contributed by atoms with Gasteiger partial charge in [0.05, 0.1) is 11.9 Å². The molecule has 0 aliphatic heterocycles. The van der Waals surface area contributed by atoms with Gasteiger partial charge in [0.15, 0.2) is 0 Å². The summed E-state index contributed by atoms with van der Waals surface area (Å²) in [5, 5.41) is 9.19. The first-order valence-corrected chi connectivity index (χ1v) is 8.82. The first-order valence-electron chi connectivity index (χ1n) is 8.82. The predicted molar refractivity (Wildman–Crippen MR) is 104 cm³/mol. The molecule has 2 heterocycles. The Hall–Kier alpha value is -2.89. The number of amides is 1. The van der Waals surface area contributed by atoms with E-state index in [1.54, 1.807) is 19.3 Å². The second-order valence-corrected chi connectivity index (χ2v) is 6.61. The third-order valence-corrected chi connectivity index (χ3v) is 4.60. The Morgan fingerprint density at radius 1 is 1.27 bits per heavy atom. The third-order valence-electron chi connectivity index (χ3n) is 4.60. The zero-order valence-electron chi connectivity index (χ0n) is 15.5. The minimum absolute atomic E-state index is 0.203. The Morgan fingerprint density at radius 2 is 2.04 bits per heavy atom. The van der Waals surface area contributed by atoms with Crippen molar-refractivity contribution < 1.29 is 4.79 Å². The van der Waals surface area contributed by atoms with Gasteiger partial charge in [0, 0.05) is 49.7 Å². The van der Waals surface area contributed by atoms with Crippen LogP contribution in [0.5, 0.6) is 0 Å². The Labute approximate surface area is 154 Å². The molecule has 0 aromatic carbocycles. The summed E-state index contributed by atoms with van der Waals surface area (Å²) in [5.41, 5.74) is 6.14. The van der Waals surface area contributed by atoms with E-state index in [-0.39, 0.29) is 5.91 Å². The Morgan fingerprint density at radius 3 is 2.69 bits per heavy atom. The molecule has 3 N–H and O–H groups in total. The molecule has 0 saturated heterocycles. The maximum atomic E-state index is 12.1. The van der Waals surface area contributed by atoms with Gasteiger partial charge in [-0.25, -0.2) is 4.98 Å². The van der Waals surface area contributed by atoms with Crippen LogP contribution in [0.4, 0.5) is 5.69 Å². The van der Waals surface area contributed by atoms with E-state index in [1.807, 2.05) is 19.3 Å². The van der Waals surface area contributed by atoms with E-state index in [2.05, 4.69) is 39.4 Å². The van der Waals surface area contributed by atoms with Crippen LogP contribution < -0.4 is 16.0 Å². The molecule has 6 heteroatoms. The zero-order chi connectivity index (χ0) is 18.7. The summed E-state index contributed by atoms with van der Waals surface area (Å²) >= 11 is 0. The molecule has 0 bridgehead atoms. The van der Waals surface area contributed by atoms with E-state index in [0.29, 0.717) is 18.2 Å². The molecule has 2 aromatic heterocycles. The summed E-state index contributed by atoms with van der Waals surface area (Å²) in [5.74, 6) is -0.203. The van der Waals surface area contributed by atoms with Crippen molar-refractivity contribution in [3.8, 4) is 0 Å². The molecule has 0 spiro atoms. The average Bonchev–Trinajstić information content (AvgIpc) is 3.46. The standard InChI is InChI=1S/C20H25N5O/c1-12-15(10-23-11-19(12)21-3)8-17-7-14(13(2)24-16-5-6-16)9-18(25-17)20(26)22-4/h7,9-11,16,21,24H,2,5-6,8H2,1,3-4H3,(H,22,26). The number of carbonyl (C=O) groups is 1. The van der Waals surface area contributed by atoms with Crippen LogP contribution in [0.15, 0.2) is 31.1 Å². The van der Waals surface area contributed by atoms with Crippen molar-refractivity contribution in [1.29, 1.82) is 0 Å². The lowest BCUT2D eigenvalue weighted by Crippen LogP contribution is -2.21. The zero-order valence-corrected chi connectivity index (χ0v) is 15.5. The fourth-order valence-electron chi connectivity index (χ4n) is 2.85. The van der Waals surface area contributed by atoms with Crippen LogP contribution in [0.2, 0.25) is 0 Å². The van der Waals surface area contributed by atoms with E-state index < -0.39 is 0 Å². The molecule has 26 heavy (non-hydrogen) atoms. The molecule has 1 aliphatic carbocycles. The number of pyridine rings is 2. The van der Waals surface area contributed by atoms with E-state index in [0.717, 1.165) is 33.8 Å². The van der Waals surface area contributed by atoms with E-state index in [1.165, 1.54) is 12.8 Å². The van der Waals surface area contributed by atoms with Gasteiger partial charge in [-0.05, 0) is 43.0 Å². The lowest BCUT2D eigenvalue weighted by molar-refractivity contribution is 0.0958. The normalized spacial score (nSPS) is 13.2. The minimum atomic E-state index is -0.203. The van der Waals surface area contributed by atoms with Crippen molar-refractivity contribution in [1.82, 2.24) is 20.6 Å². The molecule has 0 unspecified atom stereocenters. The molecule has 1 fully saturated rings. The smallest absolute Gasteiger partial charge is 0.269 e. The summed E-state index contributed by atoms with van der Waals surface area (Å²) in [4.78, 5) is 21.0. The molecule has 3 rings (SSSR count). The second kappa shape index (κ2) is 7.56. The molecule has 1 aliphatic rings. The van der Waals surface area contributed by atoms with Crippen molar-refractivity contribution >= 4 is 17.3 Å². The van der Waals surface area contributed by atoms with Gasteiger partial charge in [0.2, 0.25) is 0 Å². The van der Waals surface area contributed by atoms with E-state index >= 15 is 0 Å². The SMILES string of the molecule is C=C(NC1CC1)c1cc(Cc2cncc(NC)c2C)nc(C(=O)NC)c1. The van der Waals surface area contributed by atoms with Crippen LogP contribution in [0.3, 0.4) is 0 Å².